The van der Waals surface area contributed by atoms with E-state index in [2.05, 4.69) is 18.6 Å². The van der Waals surface area contributed by atoms with Crippen LogP contribution in [0, 0.1) is 5.92 Å². The van der Waals surface area contributed by atoms with Crippen LogP contribution in [0.25, 0.3) is 0 Å². The lowest BCUT2D eigenvalue weighted by molar-refractivity contribution is -0.130. The Morgan fingerprint density at radius 3 is 2.35 bits per heavy atom. The number of carbonyl (C=O) groups is 2. The van der Waals surface area contributed by atoms with Gasteiger partial charge in [-0.3, -0.25) is 9.59 Å². The molecule has 0 spiro atoms. The van der Waals surface area contributed by atoms with Crippen molar-refractivity contribution in [3.63, 3.8) is 0 Å². The maximum Gasteiger partial charge on any atom is 0.293 e. The van der Waals surface area contributed by atoms with Gasteiger partial charge in [0.15, 0.2) is 6.23 Å². The summed E-state index contributed by atoms with van der Waals surface area (Å²) in [4.78, 5) is 22.0. The molecule has 0 saturated carbocycles. The molecule has 17 heavy (non-hydrogen) atoms. The van der Waals surface area contributed by atoms with Gasteiger partial charge in [0.1, 0.15) is 0 Å². The van der Waals surface area contributed by atoms with Crippen LogP contribution in [0.5, 0.6) is 0 Å². The fraction of sp³-hybridized carbons (Fsp3) is 0.667. The van der Waals surface area contributed by atoms with Gasteiger partial charge in [-0.25, -0.2) is 0 Å². The van der Waals surface area contributed by atoms with Crippen LogP contribution in [0.2, 0.25) is 0 Å². The van der Waals surface area contributed by atoms with E-state index >= 15 is 0 Å². The van der Waals surface area contributed by atoms with Crippen LogP contribution in [0.15, 0.2) is 11.6 Å². The third-order valence-corrected chi connectivity index (χ3v) is 2.40. The molecule has 0 N–H and O–H groups in total. The van der Waals surface area contributed by atoms with Crippen molar-refractivity contribution in [2.24, 2.45) is 5.92 Å². The van der Waals surface area contributed by atoms with Crippen LogP contribution < -0.4 is 0 Å². The Balaban J connectivity index is 0.000000437. The van der Waals surface area contributed by atoms with Gasteiger partial charge in [-0.1, -0.05) is 13.8 Å². The van der Waals surface area contributed by atoms with Crippen LogP contribution in [-0.2, 0) is 19.1 Å². The number of rotatable bonds is 4. The number of methoxy groups -OCH3 is 1. The Morgan fingerprint density at radius 2 is 2.12 bits per heavy atom. The minimum absolute atomic E-state index is 0.0329. The first-order valence-corrected chi connectivity index (χ1v) is 5.55. The van der Waals surface area contributed by atoms with Crippen LogP contribution in [0.3, 0.4) is 0 Å². The molecule has 1 amide bonds. The van der Waals surface area contributed by atoms with Crippen LogP contribution in [0.4, 0.5) is 0 Å². The van der Waals surface area contributed by atoms with Gasteiger partial charge in [-0.15, -0.1) is 0 Å². The smallest absolute Gasteiger partial charge is 0.293 e. The van der Waals surface area contributed by atoms with E-state index in [0.717, 1.165) is 5.57 Å². The topological polar surface area (TPSA) is 55.8 Å². The second-order valence-electron chi connectivity index (χ2n) is 3.89. The summed E-state index contributed by atoms with van der Waals surface area (Å²) in [5.41, 5.74) is 1.06. The van der Waals surface area contributed by atoms with Gasteiger partial charge in [-0.2, -0.15) is 0 Å². The third-order valence-electron chi connectivity index (χ3n) is 2.40. The molecular formula is C12H21NO4. The van der Waals surface area contributed by atoms with Crippen LogP contribution >= 0.6 is 0 Å². The lowest BCUT2D eigenvalue weighted by Crippen LogP contribution is -2.33. The zero-order valence-corrected chi connectivity index (χ0v) is 11.1. The minimum atomic E-state index is -0.155. The van der Waals surface area contributed by atoms with E-state index < -0.39 is 0 Å². The zero-order valence-electron chi connectivity index (χ0n) is 11.1. The van der Waals surface area contributed by atoms with Gasteiger partial charge in [0.25, 0.3) is 6.47 Å². The van der Waals surface area contributed by atoms with Gasteiger partial charge in [0.05, 0.1) is 6.61 Å². The molecule has 1 aliphatic heterocycles. The number of hydrogen-bond acceptors (Lipinski definition) is 4. The molecule has 1 rings (SSSR count). The molecule has 0 aromatic carbocycles. The molecule has 0 aromatic rings. The summed E-state index contributed by atoms with van der Waals surface area (Å²) in [6.07, 6.45) is 1.51. The normalized spacial score (nSPS) is 18.7. The third kappa shape index (κ3) is 4.56. The molecule has 0 saturated heterocycles. The van der Waals surface area contributed by atoms with Crippen molar-refractivity contribution >= 4 is 12.4 Å². The molecule has 0 aromatic heterocycles. The van der Waals surface area contributed by atoms with E-state index in [-0.39, 0.29) is 12.1 Å². The fourth-order valence-electron chi connectivity index (χ4n) is 1.47. The zero-order chi connectivity index (χ0) is 13.4. The SMILES string of the molecule is CCOC=O.COC1C(C(C)C)=CC(=O)N1C. The first-order chi connectivity index (χ1) is 7.99. The summed E-state index contributed by atoms with van der Waals surface area (Å²) >= 11 is 0. The highest BCUT2D eigenvalue weighted by atomic mass is 16.5. The number of hydrogen-bond donors (Lipinski definition) is 0. The molecule has 1 aliphatic rings. The Kier molecular flexibility index (Phi) is 7.21. The Hall–Kier alpha value is -1.36. The highest BCUT2D eigenvalue weighted by molar-refractivity contribution is 5.91. The number of carbonyl (C=O) groups excluding carboxylic acids is 2. The predicted molar refractivity (Wildman–Crippen MR) is 64.2 cm³/mol. The number of amides is 1. The maximum atomic E-state index is 11.2. The largest absolute Gasteiger partial charge is 0.468 e. The standard InChI is InChI=1S/C9H15NO2.C3H6O2/c1-6(2)7-5-8(11)10(3)9(7)12-4;1-2-5-3-4/h5-6,9H,1-4H3;3H,2H2,1H3. The quantitative estimate of drug-likeness (QED) is 0.696. The second-order valence-corrected chi connectivity index (χ2v) is 3.89. The second kappa shape index (κ2) is 7.84. The fourth-order valence-corrected chi connectivity index (χ4v) is 1.47. The van der Waals surface area contributed by atoms with Crippen molar-refractivity contribution in [1.29, 1.82) is 0 Å². The molecule has 5 heteroatoms. The molecule has 0 aliphatic carbocycles. The molecule has 98 valence electrons. The molecule has 1 atom stereocenters. The molecule has 5 nitrogen and oxygen atoms in total. The summed E-state index contributed by atoms with van der Waals surface area (Å²) in [5.74, 6) is 0.398. The molecule has 1 heterocycles. The van der Waals surface area contributed by atoms with Crippen molar-refractivity contribution in [3.05, 3.63) is 11.6 Å². The minimum Gasteiger partial charge on any atom is -0.468 e. The van der Waals surface area contributed by atoms with E-state index in [9.17, 15) is 9.59 Å². The van der Waals surface area contributed by atoms with E-state index in [1.807, 2.05) is 0 Å². The van der Waals surface area contributed by atoms with Gasteiger partial charge in [0.2, 0.25) is 5.91 Å². The summed E-state index contributed by atoms with van der Waals surface area (Å²) in [6, 6.07) is 0. The lowest BCUT2D eigenvalue weighted by atomic mass is 10.0. The number of ether oxygens (including phenoxy) is 2. The molecule has 0 fully saturated rings. The first-order valence-electron chi connectivity index (χ1n) is 5.55. The summed E-state index contributed by atoms with van der Waals surface area (Å²) in [5, 5.41) is 0. The highest BCUT2D eigenvalue weighted by Crippen LogP contribution is 2.24. The highest BCUT2D eigenvalue weighted by Gasteiger charge is 2.30. The monoisotopic (exact) mass is 243 g/mol. The summed E-state index contributed by atoms with van der Waals surface area (Å²) < 4.78 is 9.36. The molecular weight excluding hydrogens is 222 g/mol. The molecule has 0 radical (unpaired) electrons. The van der Waals surface area contributed by atoms with Gasteiger partial charge < -0.3 is 14.4 Å². The van der Waals surface area contributed by atoms with E-state index in [1.165, 1.54) is 0 Å². The van der Waals surface area contributed by atoms with Crippen LogP contribution in [-0.4, -0.2) is 44.3 Å². The van der Waals surface area contributed by atoms with Crippen LogP contribution in [0.1, 0.15) is 20.8 Å². The van der Waals surface area contributed by atoms with E-state index in [1.54, 1.807) is 32.1 Å². The van der Waals surface area contributed by atoms with Crippen molar-refractivity contribution in [2.75, 3.05) is 20.8 Å². The van der Waals surface area contributed by atoms with Gasteiger partial charge in [-0.05, 0) is 18.4 Å². The number of likely N-dealkylation sites (N-methyl/N-ethyl adjacent to an activating group) is 1. The number of nitrogens with zero attached hydrogens (tertiary/aromatic N) is 1. The predicted octanol–water partition coefficient (Wildman–Crippen LogP) is 1.19. The molecule has 1 unspecified atom stereocenters. The average molecular weight is 243 g/mol. The van der Waals surface area contributed by atoms with Crippen molar-refractivity contribution in [2.45, 2.75) is 27.0 Å². The lowest BCUT2D eigenvalue weighted by Gasteiger charge is -2.23. The first kappa shape index (κ1) is 15.6. The van der Waals surface area contributed by atoms with Crippen molar-refractivity contribution < 1.29 is 19.1 Å². The average Bonchev–Trinajstić information content (AvgIpc) is 2.57. The van der Waals surface area contributed by atoms with Gasteiger partial charge in [0, 0.05) is 20.2 Å². The Morgan fingerprint density at radius 1 is 1.53 bits per heavy atom. The van der Waals surface area contributed by atoms with E-state index in [4.69, 9.17) is 4.74 Å². The van der Waals surface area contributed by atoms with Crippen molar-refractivity contribution in [3.8, 4) is 0 Å². The van der Waals surface area contributed by atoms with E-state index in [0.29, 0.717) is 19.0 Å². The Bertz CT molecular complexity index is 286. The maximum absolute atomic E-state index is 11.2. The van der Waals surface area contributed by atoms with Gasteiger partial charge >= 0.3 is 0 Å². The van der Waals surface area contributed by atoms with Crippen molar-refractivity contribution in [1.82, 2.24) is 4.90 Å². The Labute approximate surface area is 102 Å². The summed E-state index contributed by atoms with van der Waals surface area (Å²) in [6.45, 7) is 6.78. The molecule has 0 bridgehead atoms. The summed E-state index contributed by atoms with van der Waals surface area (Å²) in [7, 11) is 3.37.